The summed E-state index contributed by atoms with van der Waals surface area (Å²) in [4.78, 5) is 28.2. The Hall–Kier alpha value is -3.05. The molecule has 1 amide bonds. The Balaban J connectivity index is 1.18. The number of rotatable bonds is 13. The van der Waals surface area contributed by atoms with Gasteiger partial charge in [0.05, 0.1) is 12.0 Å². The number of ether oxygens (including phenoxy) is 1. The van der Waals surface area contributed by atoms with E-state index in [2.05, 4.69) is 60.4 Å². The lowest BCUT2D eigenvalue weighted by Gasteiger charge is -2.34. The first-order valence-corrected chi connectivity index (χ1v) is 12.3. The maximum absolute atomic E-state index is 11.0. The highest BCUT2D eigenvalue weighted by Crippen LogP contribution is 2.21. The molecule has 0 spiro atoms. The number of amides is 1. The number of nitrogens with one attached hydrogen (secondary N) is 3. The zero-order valence-electron chi connectivity index (χ0n) is 20.1. The highest BCUT2D eigenvalue weighted by molar-refractivity contribution is 5.87. The van der Waals surface area contributed by atoms with Gasteiger partial charge in [0.15, 0.2) is 0 Å². The monoisotopic (exact) mass is 481 g/mol. The number of aromatic nitrogens is 3. The fraction of sp³-hybridized carbons (Fsp3) is 0.480. The van der Waals surface area contributed by atoms with Gasteiger partial charge in [0.1, 0.15) is 17.8 Å². The van der Waals surface area contributed by atoms with Crippen LogP contribution in [0.5, 0.6) is 0 Å². The third-order valence-electron chi connectivity index (χ3n) is 6.26. The molecule has 4 rings (SSSR count). The zero-order valence-corrected chi connectivity index (χ0v) is 20.1. The molecule has 0 radical (unpaired) electrons. The summed E-state index contributed by atoms with van der Waals surface area (Å²) in [7, 11) is 0. The lowest BCUT2D eigenvalue weighted by molar-refractivity contribution is -0.129. The first-order chi connectivity index (χ1) is 17.2. The van der Waals surface area contributed by atoms with Crippen LogP contribution in [0, 0.1) is 0 Å². The highest BCUT2D eigenvalue weighted by Gasteiger charge is 2.18. The molecule has 0 aliphatic carbocycles. The van der Waals surface area contributed by atoms with E-state index in [1.165, 1.54) is 5.56 Å². The second-order valence-corrected chi connectivity index (χ2v) is 8.81. The summed E-state index contributed by atoms with van der Waals surface area (Å²) in [5.74, 6) is 0.498. The number of piperazine rings is 1. The Morgan fingerprint density at radius 1 is 1.09 bits per heavy atom. The third kappa shape index (κ3) is 7.72. The summed E-state index contributed by atoms with van der Waals surface area (Å²) in [6, 6.07) is 12.6. The molecule has 1 aromatic carbocycles. The van der Waals surface area contributed by atoms with E-state index in [-0.39, 0.29) is 12.3 Å². The maximum atomic E-state index is 11.0. The molecule has 3 heterocycles. The summed E-state index contributed by atoms with van der Waals surface area (Å²) in [5, 5.41) is 13.0. The van der Waals surface area contributed by atoms with Crippen molar-refractivity contribution in [1.82, 2.24) is 30.2 Å². The quantitative estimate of drug-likeness (QED) is 0.166. The summed E-state index contributed by atoms with van der Waals surface area (Å²) in [6.45, 7) is 7.75. The Bertz CT molecular complexity index is 1050. The van der Waals surface area contributed by atoms with E-state index in [1.54, 1.807) is 11.8 Å². The van der Waals surface area contributed by atoms with Gasteiger partial charge in [-0.1, -0.05) is 30.3 Å². The van der Waals surface area contributed by atoms with Gasteiger partial charge in [-0.05, 0) is 24.5 Å². The molecular formula is C25H35N7O3. The molecule has 188 valence electrons. The average Bonchev–Trinajstić information content (AvgIpc) is 3.31. The second-order valence-electron chi connectivity index (χ2n) is 8.81. The minimum Gasteiger partial charge on any atom is -0.380 e. The van der Waals surface area contributed by atoms with Crippen LogP contribution < -0.4 is 10.8 Å². The van der Waals surface area contributed by atoms with E-state index >= 15 is 0 Å². The average molecular weight is 482 g/mol. The smallest absolute Gasteiger partial charge is 0.243 e. The van der Waals surface area contributed by atoms with Crippen molar-refractivity contribution in [2.24, 2.45) is 0 Å². The molecule has 10 nitrogen and oxygen atoms in total. The molecule has 0 unspecified atom stereocenters. The zero-order chi connectivity index (χ0) is 24.3. The van der Waals surface area contributed by atoms with Crippen LogP contribution in [0.4, 0.5) is 5.82 Å². The fourth-order valence-electron chi connectivity index (χ4n) is 4.29. The number of H-pyrrole nitrogens is 1. The molecule has 0 atom stereocenters. The van der Waals surface area contributed by atoms with Crippen LogP contribution in [0.1, 0.15) is 24.1 Å². The first kappa shape index (κ1) is 25.1. The van der Waals surface area contributed by atoms with Gasteiger partial charge in [0.2, 0.25) is 5.91 Å². The van der Waals surface area contributed by atoms with Crippen molar-refractivity contribution in [1.29, 1.82) is 0 Å². The van der Waals surface area contributed by atoms with Crippen molar-refractivity contribution in [2.75, 3.05) is 57.8 Å². The van der Waals surface area contributed by atoms with Gasteiger partial charge in [0.25, 0.3) is 0 Å². The van der Waals surface area contributed by atoms with Crippen LogP contribution in [0.25, 0.3) is 11.0 Å². The maximum Gasteiger partial charge on any atom is 0.243 e. The molecule has 1 saturated heterocycles. The predicted molar refractivity (Wildman–Crippen MR) is 134 cm³/mol. The molecule has 1 fully saturated rings. The molecule has 1 aliphatic heterocycles. The van der Waals surface area contributed by atoms with Crippen molar-refractivity contribution < 1.29 is 14.7 Å². The lowest BCUT2D eigenvalue weighted by Crippen LogP contribution is -2.46. The number of aromatic amines is 1. The van der Waals surface area contributed by atoms with Gasteiger partial charge in [-0.2, -0.15) is 0 Å². The number of nitrogens with zero attached hydrogens (tertiary/aromatic N) is 4. The van der Waals surface area contributed by atoms with E-state index in [4.69, 9.17) is 9.94 Å². The first-order valence-electron chi connectivity index (χ1n) is 12.3. The van der Waals surface area contributed by atoms with Crippen molar-refractivity contribution in [3.63, 3.8) is 0 Å². The van der Waals surface area contributed by atoms with Crippen LogP contribution in [0.3, 0.4) is 0 Å². The lowest BCUT2D eigenvalue weighted by atomic mass is 10.1. The van der Waals surface area contributed by atoms with E-state index in [9.17, 15) is 4.79 Å². The Morgan fingerprint density at radius 3 is 2.69 bits per heavy atom. The van der Waals surface area contributed by atoms with Crippen LogP contribution in [0.15, 0.2) is 42.7 Å². The topological polar surface area (TPSA) is 119 Å². The number of carbonyl (C=O) groups is 1. The van der Waals surface area contributed by atoms with Gasteiger partial charge in [-0.25, -0.2) is 15.4 Å². The molecule has 0 bridgehead atoms. The fourth-order valence-corrected chi connectivity index (χ4v) is 4.29. The van der Waals surface area contributed by atoms with E-state index < -0.39 is 0 Å². The number of hydrogen-bond donors (Lipinski definition) is 4. The van der Waals surface area contributed by atoms with E-state index in [1.807, 2.05) is 6.07 Å². The van der Waals surface area contributed by atoms with E-state index in [0.29, 0.717) is 19.6 Å². The number of hydroxylamine groups is 1. The van der Waals surface area contributed by atoms with Crippen LogP contribution in [-0.2, 0) is 22.5 Å². The van der Waals surface area contributed by atoms with Gasteiger partial charge >= 0.3 is 0 Å². The largest absolute Gasteiger partial charge is 0.380 e. The van der Waals surface area contributed by atoms with Crippen molar-refractivity contribution in [3.8, 4) is 0 Å². The number of hydrogen-bond acceptors (Lipinski definition) is 8. The molecule has 4 N–H and O–H groups in total. The minimum absolute atomic E-state index is 0.278. The standard InChI is InChI=1S/C25H35N7O3/c33-23(30-34)7-4-15-35-16-14-31-10-12-32(13-11-31)18-21-17-22-24(27-19-28-25(22)29-21)26-9-8-20-5-2-1-3-6-20/h1-3,5-6,17,19,34H,4,7-16,18H2,(H,30,33)(H2,26,27,28,29). The highest BCUT2D eigenvalue weighted by atomic mass is 16.5. The second kappa shape index (κ2) is 13.1. The number of benzene rings is 1. The van der Waals surface area contributed by atoms with Gasteiger partial charge in [0, 0.05) is 64.5 Å². The predicted octanol–water partition coefficient (Wildman–Crippen LogP) is 2.03. The van der Waals surface area contributed by atoms with Gasteiger partial charge in [-0.3, -0.25) is 19.8 Å². The van der Waals surface area contributed by atoms with Crippen molar-refractivity contribution >= 4 is 22.8 Å². The molecule has 3 aromatic rings. The molecule has 1 aliphatic rings. The summed E-state index contributed by atoms with van der Waals surface area (Å²) in [5.41, 5.74) is 4.95. The molecule has 10 heteroatoms. The van der Waals surface area contributed by atoms with Crippen LogP contribution in [0.2, 0.25) is 0 Å². The van der Waals surface area contributed by atoms with Gasteiger partial charge < -0.3 is 15.0 Å². The summed E-state index contributed by atoms with van der Waals surface area (Å²) >= 11 is 0. The van der Waals surface area contributed by atoms with Gasteiger partial charge in [-0.15, -0.1) is 0 Å². The molecular weight excluding hydrogens is 446 g/mol. The number of fused-ring (bicyclic) bond motifs is 1. The summed E-state index contributed by atoms with van der Waals surface area (Å²) < 4.78 is 5.61. The summed E-state index contributed by atoms with van der Waals surface area (Å²) in [6.07, 6.45) is 3.44. The third-order valence-corrected chi connectivity index (χ3v) is 6.26. The SMILES string of the molecule is O=C(CCCOCCN1CCN(Cc2cc3c(NCCc4ccccc4)ncnc3[nH]2)CC1)NO. The normalized spacial score (nSPS) is 14.9. The van der Waals surface area contributed by atoms with E-state index in [0.717, 1.165) is 74.8 Å². The van der Waals surface area contributed by atoms with Crippen LogP contribution in [-0.4, -0.2) is 88.3 Å². The molecule has 35 heavy (non-hydrogen) atoms. The molecule has 2 aromatic heterocycles. The molecule has 0 saturated carbocycles. The Labute approximate surface area is 205 Å². The Kier molecular flexibility index (Phi) is 9.41. The Morgan fingerprint density at radius 2 is 1.89 bits per heavy atom. The van der Waals surface area contributed by atoms with Crippen molar-refractivity contribution in [2.45, 2.75) is 25.8 Å². The minimum atomic E-state index is -0.373. The number of anilines is 1. The van der Waals surface area contributed by atoms with Crippen molar-refractivity contribution in [3.05, 3.63) is 54.0 Å². The number of carbonyl (C=O) groups excluding carboxylic acids is 1. The van der Waals surface area contributed by atoms with Crippen LogP contribution >= 0.6 is 0 Å².